The maximum Gasteiger partial charge on any atom is 0.353 e. The average Bonchev–Trinajstić information content (AvgIpc) is 2.52. The number of aromatic amines is 1. The molecule has 9 nitrogen and oxygen atoms in total. The van der Waals surface area contributed by atoms with Crippen LogP contribution < -0.4 is 11.2 Å². The third kappa shape index (κ3) is 6.18. The summed E-state index contributed by atoms with van der Waals surface area (Å²) in [6, 6.07) is 0. The predicted molar refractivity (Wildman–Crippen MR) is 88.0 cm³/mol. The van der Waals surface area contributed by atoms with Gasteiger partial charge in [0.1, 0.15) is 12.8 Å². The van der Waals surface area contributed by atoms with E-state index in [1.807, 2.05) is 0 Å². The monoisotopic (exact) mass is 362 g/mol. The molecule has 1 heterocycles. The minimum atomic E-state index is -3.39. The van der Waals surface area contributed by atoms with Crippen molar-refractivity contribution in [3.05, 3.63) is 44.5 Å². The highest BCUT2D eigenvalue weighted by molar-refractivity contribution is 7.57. The predicted octanol–water partition coefficient (Wildman–Crippen LogP) is 0.960. The first kappa shape index (κ1) is 20.5. The van der Waals surface area contributed by atoms with Crippen molar-refractivity contribution in [1.82, 2.24) is 9.55 Å². The number of nitrogens with zero attached hydrogens (tertiary/aromatic N) is 1. The average molecular weight is 362 g/mol. The molecule has 0 bridgehead atoms. The van der Waals surface area contributed by atoms with Gasteiger partial charge in [0.25, 0.3) is 5.56 Å². The molecule has 0 aliphatic rings. The van der Waals surface area contributed by atoms with Gasteiger partial charge in [0, 0.05) is 17.6 Å². The van der Waals surface area contributed by atoms with Crippen LogP contribution in [0.3, 0.4) is 0 Å². The molecule has 1 atom stereocenters. The smallest absolute Gasteiger partial charge is 0.353 e. The van der Waals surface area contributed by atoms with E-state index in [4.69, 9.17) is 13.8 Å². The summed E-state index contributed by atoms with van der Waals surface area (Å²) < 4.78 is 29.0. The molecule has 0 radical (unpaired) electrons. The first-order chi connectivity index (χ1) is 11.3. The van der Waals surface area contributed by atoms with Crippen molar-refractivity contribution in [1.29, 1.82) is 0 Å². The van der Waals surface area contributed by atoms with Crippen LogP contribution in [0, 0.1) is 6.92 Å². The number of aryl methyl sites for hydroxylation is 1. The third-order valence-corrected chi connectivity index (χ3v) is 4.67. The molecule has 2 N–H and O–H groups in total. The summed E-state index contributed by atoms with van der Waals surface area (Å²) >= 11 is 0. The Morgan fingerprint density at radius 1 is 1.33 bits per heavy atom. The molecule has 1 aromatic rings. The molecule has 24 heavy (non-hydrogen) atoms. The fraction of sp³-hybridized carbons (Fsp3) is 0.571. The molecule has 0 unspecified atom stereocenters. The number of aromatic nitrogens is 2. The van der Waals surface area contributed by atoms with Gasteiger partial charge in [0.2, 0.25) is 0 Å². The largest absolute Gasteiger partial charge is 0.393 e. The number of H-pyrrole nitrogens is 1. The normalized spacial score (nSPS) is 13.5. The molecule has 0 aromatic carbocycles. The molecule has 136 valence electrons. The summed E-state index contributed by atoms with van der Waals surface area (Å²) in [6.45, 7) is 4.75. The van der Waals surface area contributed by atoms with E-state index >= 15 is 0 Å². The van der Waals surface area contributed by atoms with E-state index in [-0.39, 0.29) is 19.9 Å². The van der Waals surface area contributed by atoms with E-state index in [1.54, 1.807) is 20.8 Å². The number of hydrogen-bond donors (Lipinski definition) is 2. The molecule has 0 aliphatic carbocycles. The zero-order valence-corrected chi connectivity index (χ0v) is 14.8. The summed E-state index contributed by atoms with van der Waals surface area (Å²) in [5.74, 6) is 1.22. The molecular weight excluding hydrogens is 339 g/mol. The van der Waals surface area contributed by atoms with Gasteiger partial charge in [-0.15, -0.1) is 0 Å². The number of hydrogen-bond acceptors (Lipinski definition) is 7. The third-order valence-electron chi connectivity index (χ3n) is 2.90. The second-order valence-corrected chi connectivity index (χ2v) is 6.67. The lowest BCUT2D eigenvalue weighted by atomic mass is 10.4. The zero-order valence-electron chi connectivity index (χ0n) is 13.9. The highest BCUT2D eigenvalue weighted by Crippen LogP contribution is 2.49. The highest BCUT2D eigenvalue weighted by atomic mass is 31.2. The topological polar surface area (TPSA) is 120 Å². The van der Waals surface area contributed by atoms with Gasteiger partial charge in [-0.05, 0) is 26.8 Å². The lowest BCUT2D eigenvalue weighted by Crippen LogP contribution is -2.32. The van der Waals surface area contributed by atoms with Gasteiger partial charge in [-0.2, -0.15) is 0 Å². The Morgan fingerprint density at radius 2 is 1.96 bits per heavy atom. The second-order valence-electron chi connectivity index (χ2n) is 4.77. The zero-order chi connectivity index (χ0) is 18.2. The lowest BCUT2D eigenvalue weighted by Gasteiger charge is -2.15. The first-order valence-corrected chi connectivity index (χ1v) is 9.07. The molecule has 0 aliphatic heterocycles. The molecule has 0 amide bonds. The van der Waals surface area contributed by atoms with E-state index in [1.165, 1.54) is 18.1 Å². The molecule has 0 saturated carbocycles. The van der Waals surface area contributed by atoms with Crippen LogP contribution in [0.4, 0.5) is 0 Å². The Balaban J connectivity index is 2.79. The number of aliphatic hydroxyl groups excluding tert-OH is 1. The summed E-state index contributed by atoms with van der Waals surface area (Å²) in [7, 11) is -3.39. The molecule has 0 saturated heterocycles. The van der Waals surface area contributed by atoms with Crippen molar-refractivity contribution in [3.8, 4) is 0 Å². The summed E-state index contributed by atoms with van der Waals surface area (Å²) in [4.78, 5) is 25.1. The van der Waals surface area contributed by atoms with Crippen molar-refractivity contribution in [2.24, 2.45) is 0 Å². The van der Waals surface area contributed by atoms with Gasteiger partial charge in [-0.3, -0.25) is 18.9 Å². The Morgan fingerprint density at radius 3 is 2.50 bits per heavy atom. The fourth-order valence-corrected chi connectivity index (χ4v) is 3.11. The van der Waals surface area contributed by atoms with Gasteiger partial charge in [0.05, 0.1) is 19.8 Å². The first-order valence-electron chi connectivity index (χ1n) is 7.46. The van der Waals surface area contributed by atoms with Crippen LogP contribution in [-0.4, -0.2) is 40.6 Å². The van der Waals surface area contributed by atoms with Crippen LogP contribution in [0.2, 0.25) is 0 Å². The highest BCUT2D eigenvalue weighted by Gasteiger charge is 2.20. The maximum atomic E-state index is 12.3. The van der Waals surface area contributed by atoms with Crippen LogP contribution in [0.25, 0.3) is 0 Å². The van der Waals surface area contributed by atoms with Gasteiger partial charge in [0.15, 0.2) is 0 Å². The SMILES string of the molecule is CCOP(=O)(/C=C/[C@H](CO)OCn1cc(C)c(=O)[nH]c1=O)OCC. The number of aliphatic hydroxyl groups is 1. The number of nitrogens with one attached hydrogen (secondary N) is 1. The Kier molecular flexibility index (Phi) is 8.30. The molecular formula is C14H23N2O7P. The lowest BCUT2D eigenvalue weighted by molar-refractivity contribution is 0.00110. The van der Waals surface area contributed by atoms with Crippen molar-refractivity contribution in [2.45, 2.75) is 33.6 Å². The van der Waals surface area contributed by atoms with Crippen LogP contribution >= 0.6 is 7.60 Å². The summed E-state index contributed by atoms with van der Waals surface area (Å²) in [5.41, 5.74) is -0.740. The van der Waals surface area contributed by atoms with Gasteiger partial charge in [-0.25, -0.2) is 4.79 Å². The van der Waals surface area contributed by atoms with Gasteiger partial charge < -0.3 is 18.9 Å². The van der Waals surface area contributed by atoms with Crippen molar-refractivity contribution in [2.75, 3.05) is 19.8 Å². The van der Waals surface area contributed by atoms with E-state index < -0.39 is 31.6 Å². The summed E-state index contributed by atoms with van der Waals surface area (Å²) in [6.07, 6.45) is 1.89. The minimum absolute atomic E-state index is 0.195. The molecule has 1 aromatic heterocycles. The Hall–Kier alpha value is -1.51. The van der Waals surface area contributed by atoms with Crippen molar-refractivity contribution in [3.63, 3.8) is 0 Å². The Labute approximate surface area is 139 Å². The molecule has 10 heteroatoms. The minimum Gasteiger partial charge on any atom is -0.393 e. The van der Waals surface area contributed by atoms with E-state index in [0.717, 1.165) is 4.57 Å². The quantitative estimate of drug-likeness (QED) is 0.595. The van der Waals surface area contributed by atoms with E-state index in [2.05, 4.69) is 4.98 Å². The van der Waals surface area contributed by atoms with Gasteiger partial charge >= 0.3 is 13.3 Å². The number of ether oxygens (including phenoxy) is 1. The van der Waals surface area contributed by atoms with Crippen LogP contribution in [0.5, 0.6) is 0 Å². The maximum absolute atomic E-state index is 12.3. The van der Waals surface area contributed by atoms with E-state index in [0.29, 0.717) is 5.56 Å². The number of rotatable bonds is 10. The summed E-state index contributed by atoms with van der Waals surface area (Å²) in [5, 5.41) is 9.34. The van der Waals surface area contributed by atoms with Crippen molar-refractivity contribution < 1.29 is 23.5 Å². The van der Waals surface area contributed by atoms with Gasteiger partial charge in [-0.1, -0.05) is 0 Å². The van der Waals surface area contributed by atoms with Crippen LogP contribution in [0.15, 0.2) is 27.7 Å². The van der Waals surface area contributed by atoms with Crippen LogP contribution in [0.1, 0.15) is 19.4 Å². The van der Waals surface area contributed by atoms with Crippen molar-refractivity contribution >= 4 is 7.60 Å². The molecule has 0 fully saturated rings. The molecule has 1 rings (SSSR count). The fourth-order valence-electron chi connectivity index (χ4n) is 1.74. The van der Waals surface area contributed by atoms with Crippen LogP contribution in [-0.2, 0) is 25.1 Å². The standard InChI is InChI=1S/C14H23N2O7P/c1-4-22-24(20,23-5-2)7-6-12(9-17)21-10-16-8-11(3)13(18)15-14(16)19/h6-8,12,17H,4-5,9-10H2,1-3H3,(H,15,18,19)/b7-6+/t12-/m1/s1. The van der Waals surface area contributed by atoms with E-state index in [9.17, 15) is 19.3 Å². The Bertz CT molecular complexity index is 700. The second kappa shape index (κ2) is 9.71. The molecule has 0 spiro atoms.